The number of carboxylic acid groups (broad SMARTS) is 2. The molecule has 5 N–H and O–H groups in total. The van der Waals surface area contributed by atoms with Crippen LogP contribution in [0.5, 0.6) is 0 Å². The van der Waals surface area contributed by atoms with Crippen molar-refractivity contribution in [1.82, 2.24) is 14.6 Å². The van der Waals surface area contributed by atoms with Gasteiger partial charge < -0.3 is 25.2 Å². The molecule has 0 radical (unpaired) electrons. The van der Waals surface area contributed by atoms with Gasteiger partial charge in [-0.3, -0.25) is 18.7 Å². The lowest BCUT2D eigenvalue weighted by atomic mass is 10.2. The molecule has 1 aromatic rings. The molecule has 1 fully saturated rings. The van der Waals surface area contributed by atoms with Gasteiger partial charge in [0.15, 0.2) is 0 Å². The maximum atomic E-state index is 12.4. The molecule has 0 spiro atoms. The van der Waals surface area contributed by atoms with Crippen LogP contribution in [0.15, 0.2) is 17.1 Å². The summed E-state index contributed by atoms with van der Waals surface area (Å²) in [4.78, 5) is 36.9. The molecular weight excluding hydrogens is 359 g/mol. The van der Waals surface area contributed by atoms with E-state index in [9.17, 15) is 18.9 Å². The summed E-state index contributed by atoms with van der Waals surface area (Å²) in [5.41, 5.74) is 4.81. The van der Waals surface area contributed by atoms with Crippen molar-refractivity contribution in [1.29, 1.82) is 0 Å². The summed E-state index contributed by atoms with van der Waals surface area (Å²) in [6.07, 6.45) is -0.417. The highest BCUT2D eigenvalue weighted by Crippen LogP contribution is 2.46. The monoisotopic (exact) mass is 376 g/mol. The van der Waals surface area contributed by atoms with Gasteiger partial charge >= 0.3 is 17.6 Å². The maximum Gasteiger partial charge on any atom is 0.349 e. The molecule has 0 aliphatic carbocycles. The highest BCUT2D eigenvalue weighted by atomic mass is 31.2. The lowest BCUT2D eigenvalue weighted by Gasteiger charge is -2.31. The van der Waals surface area contributed by atoms with Gasteiger partial charge in [0, 0.05) is 6.20 Å². The van der Waals surface area contributed by atoms with E-state index in [0.29, 0.717) is 0 Å². The topological polar surface area (TPSA) is 183 Å². The van der Waals surface area contributed by atoms with Crippen molar-refractivity contribution < 1.29 is 33.6 Å². The number of rotatable bonds is 7. The zero-order valence-electron chi connectivity index (χ0n) is 12.9. The smallest absolute Gasteiger partial charge is 0.349 e. The normalized spacial score (nSPS) is 24.6. The molecule has 1 aromatic heterocycles. The first-order valence-corrected chi connectivity index (χ1v) is 8.90. The van der Waals surface area contributed by atoms with Crippen LogP contribution < -0.4 is 16.5 Å². The van der Waals surface area contributed by atoms with Gasteiger partial charge in [-0.1, -0.05) is 0 Å². The van der Waals surface area contributed by atoms with Gasteiger partial charge in [0.05, 0.1) is 19.6 Å². The van der Waals surface area contributed by atoms with Crippen LogP contribution in [0.2, 0.25) is 0 Å². The fourth-order valence-electron chi connectivity index (χ4n) is 2.07. The molecule has 138 valence electrons. The van der Waals surface area contributed by atoms with Crippen molar-refractivity contribution in [2.45, 2.75) is 25.1 Å². The van der Waals surface area contributed by atoms with E-state index in [0.717, 1.165) is 0 Å². The predicted octanol–water partition coefficient (Wildman–Crippen LogP) is -1.09. The van der Waals surface area contributed by atoms with Gasteiger partial charge in [0.2, 0.25) is 0 Å². The number of nitrogens with zero attached hydrogens (tertiary/aromatic N) is 2. The van der Waals surface area contributed by atoms with E-state index in [1.165, 1.54) is 16.8 Å². The fourth-order valence-corrected chi connectivity index (χ4v) is 3.79. The summed E-state index contributed by atoms with van der Waals surface area (Å²) in [5, 5.41) is 19.9. The molecular formula is C12H17N4O8P. The first-order valence-electron chi connectivity index (χ1n) is 7.09. The number of nitrogens with two attached hydrogens (primary N) is 1. The molecule has 2 unspecified atom stereocenters. The number of ether oxygens (including phenoxy) is 1. The van der Waals surface area contributed by atoms with Gasteiger partial charge in [-0.2, -0.15) is 4.98 Å². The van der Waals surface area contributed by atoms with Crippen LogP contribution in [0.25, 0.3) is 0 Å². The summed E-state index contributed by atoms with van der Waals surface area (Å²) in [6, 6.07) is -0.145. The number of carboxylic acids is 2. The van der Waals surface area contributed by atoms with E-state index in [2.05, 4.69) is 10.1 Å². The second-order valence-electron chi connectivity index (χ2n) is 5.29. The third-order valence-electron chi connectivity index (χ3n) is 3.27. The number of hydrogen-bond acceptors (Lipinski definition) is 8. The Morgan fingerprint density at radius 1 is 1.52 bits per heavy atom. The molecule has 0 aromatic carbocycles. The summed E-state index contributed by atoms with van der Waals surface area (Å²) < 4.78 is 24.2. The van der Waals surface area contributed by atoms with Crippen LogP contribution in [0.4, 0.5) is 5.82 Å². The van der Waals surface area contributed by atoms with Gasteiger partial charge in [-0.25, -0.2) is 9.88 Å². The molecule has 12 nitrogen and oxygen atoms in total. The Labute approximate surface area is 141 Å². The molecule has 1 aliphatic rings. The molecule has 13 heteroatoms. The molecule has 0 bridgehead atoms. The Morgan fingerprint density at radius 3 is 2.76 bits per heavy atom. The fraction of sp³-hybridized carbons (Fsp3) is 0.500. The third-order valence-corrected chi connectivity index (χ3v) is 5.03. The Morgan fingerprint density at radius 2 is 2.24 bits per heavy atom. The van der Waals surface area contributed by atoms with Crippen molar-refractivity contribution in [3.63, 3.8) is 0 Å². The Kier molecular flexibility index (Phi) is 5.90. The van der Waals surface area contributed by atoms with E-state index >= 15 is 0 Å². The predicted molar refractivity (Wildman–Crippen MR) is 83.0 cm³/mol. The number of aliphatic carboxylic acids is 2. The summed E-state index contributed by atoms with van der Waals surface area (Å²) in [5.74, 6) is -2.76. The zero-order valence-corrected chi connectivity index (χ0v) is 13.8. The minimum absolute atomic E-state index is 0.0730. The van der Waals surface area contributed by atoms with Crippen molar-refractivity contribution in [3.05, 3.63) is 22.7 Å². The van der Waals surface area contributed by atoms with Crippen molar-refractivity contribution in [3.8, 4) is 0 Å². The highest BCUT2D eigenvalue weighted by Gasteiger charge is 2.37. The van der Waals surface area contributed by atoms with Crippen LogP contribution in [-0.2, 0) is 30.0 Å². The van der Waals surface area contributed by atoms with E-state index in [1.807, 2.05) is 0 Å². The van der Waals surface area contributed by atoms with Crippen LogP contribution >= 0.6 is 7.52 Å². The highest BCUT2D eigenvalue weighted by molar-refractivity contribution is 7.56. The lowest BCUT2D eigenvalue weighted by Crippen LogP contribution is -2.41. The van der Waals surface area contributed by atoms with Gasteiger partial charge in [-0.05, 0) is 6.07 Å². The summed E-state index contributed by atoms with van der Waals surface area (Å²) >= 11 is 0. The number of nitrogens with one attached hydrogen (secondary N) is 1. The van der Waals surface area contributed by atoms with Crippen molar-refractivity contribution >= 4 is 25.3 Å². The molecule has 0 amide bonds. The molecule has 0 saturated carbocycles. The second kappa shape index (κ2) is 7.74. The molecule has 2 rings (SSSR count). The Hall–Kier alpha value is -2.27. The summed E-state index contributed by atoms with van der Waals surface area (Å²) in [7, 11) is -3.68. The summed E-state index contributed by atoms with van der Waals surface area (Å²) in [6.45, 7) is -0.107. The molecule has 1 aliphatic heterocycles. The van der Waals surface area contributed by atoms with E-state index in [1.54, 1.807) is 0 Å². The molecule has 25 heavy (non-hydrogen) atoms. The van der Waals surface area contributed by atoms with Crippen molar-refractivity contribution in [2.75, 3.05) is 18.7 Å². The number of anilines is 1. The first kappa shape index (κ1) is 19.1. The maximum absolute atomic E-state index is 12.4. The van der Waals surface area contributed by atoms with E-state index in [-0.39, 0.29) is 19.0 Å². The van der Waals surface area contributed by atoms with E-state index < -0.39 is 50.1 Å². The lowest BCUT2D eigenvalue weighted by molar-refractivity contribution is -0.145. The van der Waals surface area contributed by atoms with Gasteiger partial charge in [0.1, 0.15) is 24.3 Å². The van der Waals surface area contributed by atoms with Gasteiger partial charge in [-0.15, -0.1) is 0 Å². The Bertz CT molecular complexity index is 754. The zero-order chi connectivity index (χ0) is 18.6. The van der Waals surface area contributed by atoms with Crippen LogP contribution in [0.3, 0.4) is 0 Å². The SMILES string of the molecule is Nc1ccn(C[C@H]2COP(=O)(NC(CC(=O)O)C(=O)O)CO2)c(=O)n1. The minimum atomic E-state index is -3.68. The van der Waals surface area contributed by atoms with Crippen LogP contribution in [-0.4, -0.2) is 56.8 Å². The number of carbonyl (C=O) groups is 2. The molecule has 3 atom stereocenters. The third kappa shape index (κ3) is 5.36. The molecule has 2 heterocycles. The second-order valence-corrected chi connectivity index (χ2v) is 7.41. The minimum Gasteiger partial charge on any atom is -0.481 e. The molecule has 1 saturated heterocycles. The van der Waals surface area contributed by atoms with Crippen LogP contribution in [0.1, 0.15) is 6.42 Å². The Balaban J connectivity index is 1.95. The van der Waals surface area contributed by atoms with Gasteiger partial charge in [0.25, 0.3) is 7.52 Å². The number of aromatic nitrogens is 2. The first-order chi connectivity index (χ1) is 11.7. The standard InChI is InChI=1S/C12H17N4O8P/c13-9-1-2-16(12(21)14-9)4-7-5-24-25(22,6-23-7)15-8(11(19)20)3-10(17)18/h1-2,7-8H,3-6H2,(H,15,22)(H,17,18)(H,19,20)(H2,13,14,21)/t7-,8?,25?/m0/s1. The number of hydrogen-bond donors (Lipinski definition) is 4. The largest absolute Gasteiger partial charge is 0.481 e. The quantitative estimate of drug-likeness (QED) is 0.424. The van der Waals surface area contributed by atoms with Crippen molar-refractivity contribution in [2.24, 2.45) is 0 Å². The van der Waals surface area contributed by atoms with Crippen LogP contribution in [0, 0.1) is 0 Å². The number of nitrogen functional groups attached to an aromatic ring is 1. The average Bonchev–Trinajstić information content (AvgIpc) is 2.51. The average molecular weight is 376 g/mol. The van der Waals surface area contributed by atoms with E-state index in [4.69, 9.17) is 25.2 Å².